The van der Waals surface area contributed by atoms with E-state index >= 15 is 0 Å². The fraction of sp³-hybridized carbons (Fsp3) is 0.846. The Labute approximate surface area is 113 Å². The van der Waals surface area contributed by atoms with Gasteiger partial charge in [-0.05, 0) is 31.1 Å². The van der Waals surface area contributed by atoms with Crippen LogP contribution in [0.4, 0.5) is 4.79 Å². The first-order chi connectivity index (χ1) is 9.08. The number of hydrogen-bond donors (Lipinski definition) is 3. The van der Waals surface area contributed by atoms with Crippen LogP contribution in [-0.4, -0.2) is 43.4 Å². The van der Waals surface area contributed by atoms with Gasteiger partial charge in [0, 0.05) is 32.7 Å². The van der Waals surface area contributed by atoms with Gasteiger partial charge in [0.25, 0.3) is 0 Å². The summed E-state index contributed by atoms with van der Waals surface area (Å²) in [6, 6.07) is -0.218. The lowest BCUT2D eigenvalue weighted by Gasteiger charge is -2.36. The van der Waals surface area contributed by atoms with Crippen LogP contribution in [0, 0.1) is 5.41 Å². The average molecular weight is 272 g/mol. The Morgan fingerprint density at radius 3 is 2.53 bits per heavy atom. The zero-order valence-electron chi connectivity index (χ0n) is 11.5. The summed E-state index contributed by atoms with van der Waals surface area (Å²) in [4.78, 5) is 21.9. The topological polar surface area (TPSA) is 87.7 Å². The van der Waals surface area contributed by atoms with E-state index in [-0.39, 0.29) is 17.9 Å². The first-order valence-corrected chi connectivity index (χ1v) is 6.89. The summed E-state index contributed by atoms with van der Waals surface area (Å²) in [7, 11) is 0. The van der Waals surface area contributed by atoms with Crippen LogP contribution in [0.5, 0.6) is 0 Å². The summed E-state index contributed by atoms with van der Waals surface area (Å²) < 4.78 is 5.35. The van der Waals surface area contributed by atoms with Crippen molar-refractivity contribution in [3.05, 3.63) is 0 Å². The zero-order valence-corrected chi connectivity index (χ0v) is 11.5. The van der Waals surface area contributed by atoms with E-state index in [9.17, 15) is 9.59 Å². The Morgan fingerprint density at radius 2 is 1.95 bits per heavy atom. The molecule has 2 amide bonds. The summed E-state index contributed by atoms with van der Waals surface area (Å²) in [6.07, 6.45) is 3.51. The molecule has 0 atom stereocenters. The normalized spacial score (nSPS) is 17.7. The van der Waals surface area contributed by atoms with Crippen molar-refractivity contribution >= 4 is 12.0 Å². The van der Waals surface area contributed by atoms with Gasteiger partial charge in [-0.3, -0.25) is 4.79 Å². The Kier molecular flexibility index (Phi) is 6.62. The lowest BCUT2D eigenvalue weighted by Crippen LogP contribution is -2.44. The predicted octanol–water partition coefficient (Wildman–Crippen LogP) is 1.36. The molecule has 1 fully saturated rings. The molecule has 0 bridgehead atoms. The molecule has 0 unspecified atom stereocenters. The van der Waals surface area contributed by atoms with Crippen LogP contribution in [0.2, 0.25) is 0 Å². The number of carboxylic acids is 1. The van der Waals surface area contributed by atoms with Crippen molar-refractivity contribution in [1.29, 1.82) is 0 Å². The number of carbonyl (C=O) groups is 2. The van der Waals surface area contributed by atoms with Crippen molar-refractivity contribution in [2.45, 2.75) is 39.0 Å². The lowest BCUT2D eigenvalue weighted by atomic mass is 9.78. The minimum atomic E-state index is -0.839. The van der Waals surface area contributed by atoms with Gasteiger partial charge in [0.05, 0.1) is 0 Å². The molecule has 0 aromatic carbocycles. The van der Waals surface area contributed by atoms with Crippen LogP contribution >= 0.6 is 0 Å². The van der Waals surface area contributed by atoms with Crippen molar-refractivity contribution in [3.63, 3.8) is 0 Å². The minimum Gasteiger partial charge on any atom is -0.481 e. The number of carbonyl (C=O) groups excluding carboxylic acids is 1. The predicted molar refractivity (Wildman–Crippen MR) is 71.0 cm³/mol. The quantitative estimate of drug-likeness (QED) is 0.611. The van der Waals surface area contributed by atoms with E-state index in [0.29, 0.717) is 19.5 Å². The van der Waals surface area contributed by atoms with E-state index in [0.717, 1.165) is 32.5 Å². The van der Waals surface area contributed by atoms with Crippen molar-refractivity contribution in [1.82, 2.24) is 10.6 Å². The molecule has 19 heavy (non-hydrogen) atoms. The fourth-order valence-corrected chi connectivity index (χ4v) is 2.23. The molecule has 1 saturated heterocycles. The summed E-state index contributed by atoms with van der Waals surface area (Å²) >= 11 is 0. The third-order valence-electron chi connectivity index (χ3n) is 3.78. The molecule has 0 aromatic rings. The van der Waals surface area contributed by atoms with Crippen LogP contribution in [0.3, 0.4) is 0 Å². The largest absolute Gasteiger partial charge is 0.481 e. The Morgan fingerprint density at radius 1 is 1.26 bits per heavy atom. The third kappa shape index (κ3) is 5.92. The van der Waals surface area contributed by atoms with Gasteiger partial charge >= 0.3 is 12.0 Å². The number of carboxylic acid groups (broad SMARTS) is 1. The lowest BCUT2D eigenvalue weighted by molar-refractivity contribution is -0.137. The van der Waals surface area contributed by atoms with Crippen molar-refractivity contribution in [2.75, 3.05) is 26.3 Å². The first kappa shape index (κ1) is 15.8. The Hall–Kier alpha value is -1.30. The number of urea groups is 1. The molecule has 1 heterocycles. The van der Waals surface area contributed by atoms with E-state index in [1.807, 2.05) is 0 Å². The maximum absolute atomic E-state index is 11.6. The summed E-state index contributed by atoms with van der Waals surface area (Å²) in [5.74, 6) is -0.839. The maximum Gasteiger partial charge on any atom is 0.314 e. The standard InChI is InChI=1S/C13H24N2O4/c1-2-13(5-8-19-9-6-13)10-15-12(18)14-7-3-4-11(16)17/h2-10H2,1H3,(H,16,17)(H2,14,15,18). The second-order valence-electron chi connectivity index (χ2n) is 5.07. The Balaban J connectivity index is 2.19. The summed E-state index contributed by atoms with van der Waals surface area (Å²) in [5, 5.41) is 14.0. The molecule has 0 aromatic heterocycles. The molecule has 0 spiro atoms. The summed E-state index contributed by atoms with van der Waals surface area (Å²) in [5.41, 5.74) is 0.149. The van der Waals surface area contributed by atoms with E-state index in [1.54, 1.807) is 0 Å². The molecule has 1 aliphatic heterocycles. The van der Waals surface area contributed by atoms with Gasteiger partial charge in [-0.1, -0.05) is 6.92 Å². The highest BCUT2D eigenvalue weighted by molar-refractivity contribution is 5.74. The van der Waals surface area contributed by atoms with E-state index in [2.05, 4.69) is 17.6 Å². The van der Waals surface area contributed by atoms with Crippen LogP contribution < -0.4 is 10.6 Å². The monoisotopic (exact) mass is 272 g/mol. The van der Waals surface area contributed by atoms with E-state index in [4.69, 9.17) is 9.84 Å². The van der Waals surface area contributed by atoms with Gasteiger partial charge in [0.15, 0.2) is 0 Å². The molecular weight excluding hydrogens is 248 g/mol. The molecular formula is C13H24N2O4. The van der Waals surface area contributed by atoms with Gasteiger partial charge in [-0.15, -0.1) is 0 Å². The SMILES string of the molecule is CCC1(CNC(=O)NCCCC(=O)O)CCOCC1. The maximum atomic E-state index is 11.6. The molecule has 0 radical (unpaired) electrons. The van der Waals surface area contributed by atoms with Crippen molar-refractivity contribution in [2.24, 2.45) is 5.41 Å². The molecule has 110 valence electrons. The second kappa shape index (κ2) is 7.99. The minimum absolute atomic E-state index is 0.0799. The number of nitrogens with one attached hydrogen (secondary N) is 2. The van der Waals surface area contributed by atoms with Crippen molar-refractivity contribution < 1.29 is 19.4 Å². The molecule has 0 saturated carbocycles. The smallest absolute Gasteiger partial charge is 0.314 e. The van der Waals surface area contributed by atoms with E-state index < -0.39 is 5.97 Å². The first-order valence-electron chi connectivity index (χ1n) is 6.89. The number of hydrogen-bond acceptors (Lipinski definition) is 3. The fourth-order valence-electron chi connectivity index (χ4n) is 2.23. The molecule has 6 nitrogen and oxygen atoms in total. The van der Waals surface area contributed by atoms with Crippen LogP contribution in [0.25, 0.3) is 0 Å². The van der Waals surface area contributed by atoms with Gasteiger partial charge in [-0.2, -0.15) is 0 Å². The molecule has 0 aliphatic carbocycles. The molecule has 3 N–H and O–H groups in total. The highest BCUT2D eigenvalue weighted by Gasteiger charge is 2.30. The average Bonchev–Trinajstić information content (AvgIpc) is 2.42. The van der Waals surface area contributed by atoms with Crippen LogP contribution in [0.1, 0.15) is 39.0 Å². The van der Waals surface area contributed by atoms with Gasteiger partial charge in [0.1, 0.15) is 0 Å². The molecule has 1 rings (SSSR count). The number of rotatable bonds is 7. The molecule has 1 aliphatic rings. The highest BCUT2D eigenvalue weighted by Crippen LogP contribution is 2.32. The highest BCUT2D eigenvalue weighted by atomic mass is 16.5. The second-order valence-corrected chi connectivity index (χ2v) is 5.07. The zero-order chi connectivity index (χ0) is 14.1. The molecule has 6 heteroatoms. The Bertz CT molecular complexity index is 301. The summed E-state index contributed by atoms with van der Waals surface area (Å²) in [6.45, 7) is 4.70. The number of amides is 2. The third-order valence-corrected chi connectivity index (χ3v) is 3.78. The van der Waals surface area contributed by atoms with Crippen LogP contribution in [-0.2, 0) is 9.53 Å². The van der Waals surface area contributed by atoms with Gasteiger partial charge in [-0.25, -0.2) is 4.79 Å². The van der Waals surface area contributed by atoms with Crippen molar-refractivity contribution in [3.8, 4) is 0 Å². The van der Waals surface area contributed by atoms with Crippen LogP contribution in [0.15, 0.2) is 0 Å². The number of ether oxygens (including phenoxy) is 1. The van der Waals surface area contributed by atoms with E-state index in [1.165, 1.54) is 0 Å². The number of aliphatic carboxylic acids is 1. The van der Waals surface area contributed by atoms with Gasteiger partial charge in [0.2, 0.25) is 0 Å². The van der Waals surface area contributed by atoms with Gasteiger partial charge < -0.3 is 20.5 Å².